The van der Waals surface area contributed by atoms with Crippen LogP contribution in [0.25, 0.3) is 0 Å². The van der Waals surface area contributed by atoms with Gasteiger partial charge < -0.3 is 10.6 Å². The molecule has 1 aromatic rings. The summed E-state index contributed by atoms with van der Waals surface area (Å²) in [5.41, 5.74) is 1.89. The molecule has 0 unspecified atom stereocenters. The number of nitro benzene ring substituents is 1. The number of hydrogen-bond donors (Lipinski definition) is 2. The Balaban J connectivity index is 2.96. The van der Waals surface area contributed by atoms with Crippen LogP contribution in [0.15, 0.2) is 12.1 Å². The number of carbonyl (C=O) groups excluding carboxylic acids is 1. The third kappa shape index (κ3) is 3.53. The van der Waals surface area contributed by atoms with E-state index in [1.54, 1.807) is 13.0 Å². The largest absolute Gasteiger partial charge is 0.319 e. The van der Waals surface area contributed by atoms with E-state index in [0.717, 1.165) is 11.1 Å². The van der Waals surface area contributed by atoms with E-state index < -0.39 is 4.92 Å². The lowest BCUT2D eigenvalue weighted by Crippen LogP contribution is -2.28. The molecule has 1 rings (SSSR count). The van der Waals surface area contributed by atoms with Crippen LogP contribution in [-0.4, -0.2) is 23.9 Å². The SMILES string of the molecule is CCNCC(=O)Nc1cc(C)c(C)cc1[N+](=O)[O-]. The topological polar surface area (TPSA) is 84.3 Å². The van der Waals surface area contributed by atoms with Crippen LogP contribution in [0.4, 0.5) is 11.4 Å². The van der Waals surface area contributed by atoms with Crippen molar-refractivity contribution in [1.82, 2.24) is 5.32 Å². The van der Waals surface area contributed by atoms with Gasteiger partial charge in [0.1, 0.15) is 5.69 Å². The van der Waals surface area contributed by atoms with Gasteiger partial charge in [-0.1, -0.05) is 6.92 Å². The van der Waals surface area contributed by atoms with E-state index in [1.807, 2.05) is 13.8 Å². The minimum atomic E-state index is -0.491. The fraction of sp³-hybridized carbons (Fsp3) is 0.417. The molecule has 2 N–H and O–H groups in total. The van der Waals surface area contributed by atoms with Crippen molar-refractivity contribution in [3.05, 3.63) is 33.4 Å². The Bertz CT molecular complexity index is 472. The van der Waals surface area contributed by atoms with Gasteiger partial charge in [0.25, 0.3) is 5.69 Å². The van der Waals surface area contributed by atoms with Gasteiger partial charge in [-0.2, -0.15) is 0 Å². The third-order valence-corrected chi connectivity index (χ3v) is 2.62. The molecule has 0 aromatic heterocycles. The van der Waals surface area contributed by atoms with Crippen molar-refractivity contribution >= 4 is 17.3 Å². The summed E-state index contributed by atoms with van der Waals surface area (Å²) in [5.74, 6) is -0.289. The fourth-order valence-corrected chi connectivity index (χ4v) is 1.49. The molecular formula is C12H17N3O3. The highest BCUT2D eigenvalue weighted by atomic mass is 16.6. The molecule has 0 aliphatic rings. The van der Waals surface area contributed by atoms with Crippen molar-refractivity contribution in [1.29, 1.82) is 0 Å². The highest BCUT2D eigenvalue weighted by Crippen LogP contribution is 2.27. The summed E-state index contributed by atoms with van der Waals surface area (Å²) in [7, 11) is 0. The van der Waals surface area contributed by atoms with Crippen LogP contribution >= 0.6 is 0 Å². The highest BCUT2D eigenvalue weighted by Gasteiger charge is 2.17. The second kappa shape index (κ2) is 6.11. The second-order valence-corrected chi connectivity index (χ2v) is 4.04. The first-order chi connectivity index (χ1) is 8.45. The Labute approximate surface area is 106 Å². The predicted octanol–water partition coefficient (Wildman–Crippen LogP) is 1.76. The lowest BCUT2D eigenvalue weighted by Gasteiger charge is -2.09. The van der Waals surface area contributed by atoms with Gasteiger partial charge in [0.15, 0.2) is 0 Å². The molecule has 6 nitrogen and oxygen atoms in total. The van der Waals surface area contributed by atoms with Crippen molar-refractivity contribution in [3.63, 3.8) is 0 Å². The number of aryl methyl sites for hydroxylation is 2. The third-order valence-electron chi connectivity index (χ3n) is 2.62. The molecule has 1 amide bonds. The summed E-state index contributed by atoms with van der Waals surface area (Å²) in [6.45, 7) is 6.33. The van der Waals surface area contributed by atoms with E-state index in [4.69, 9.17) is 0 Å². The van der Waals surface area contributed by atoms with Crippen molar-refractivity contribution in [2.45, 2.75) is 20.8 Å². The van der Waals surface area contributed by atoms with Crippen LogP contribution in [0.3, 0.4) is 0 Å². The number of likely N-dealkylation sites (N-methyl/N-ethyl adjacent to an activating group) is 1. The maximum Gasteiger partial charge on any atom is 0.293 e. The molecule has 0 saturated heterocycles. The highest BCUT2D eigenvalue weighted by molar-refractivity contribution is 5.94. The molecule has 0 aliphatic carbocycles. The summed E-state index contributed by atoms with van der Waals surface area (Å²) in [6.07, 6.45) is 0. The molecule has 0 spiro atoms. The summed E-state index contributed by atoms with van der Waals surface area (Å²) in [6, 6.07) is 3.09. The molecule has 18 heavy (non-hydrogen) atoms. The second-order valence-electron chi connectivity index (χ2n) is 4.04. The molecule has 0 radical (unpaired) electrons. The first-order valence-corrected chi connectivity index (χ1v) is 5.72. The molecule has 1 aromatic carbocycles. The zero-order valence-electron chi connectivity index (χ0n) is 10.7. The molecule has 0 fully saturated rings. The number of nitrogens with zero attached hydrogens (tertiary/aromatic N) is 1. The van der Waals surface area contributed by atoms with Gasteiger partial charge in [0, 0.05) is 6.07 Å². The quantitative estimate of drug-likeness (QED) is 0.617. The maximum atomic E-state index is 11.5. The monoisotopic (exact) mass is 251 g/mol. The van der Waals surface area contributed by atoms with E-state index in [0.29, 0.717) is 6.54 Å². The molecule has 0 saturated carbocycles. The number of nitrogens with one attached hydrogen (secondary N) is 2. The van der Waals surface area contributed by atoms with Crippen molar-refractivity contribution in [2.75, 3.05) is 18.4 Å². The van der Waals surface area contributed by atoms with E-state index in [9.17, 15) is 14.9 Å². The summed E-state index contributed by atoms with van der Waals surface area (Å²) in [5, 5.41) is 16.3. The summed E-state index contributed by atoms with van der Waals surface area (Å²) >= 11 is 0. The predicted molar refractivity (Wildman–Crippen MR) is 69.7 cm³/mol. The van der Waals surface area contributed by atoms with Crippen LogP contribution in [0.2, 0.25) is 0 Å². The number of benzene rings is 1. The van der Waals surface area contributed by atoms with Gasteiger partial charge in [-0.05, 0) is 37.6 Å². The average molecular weight is 251 g/mol. The lowest BCUT2D eigenvalue weighted by atomic mass is 10.1. The lowest BCUT2D eigenvalue weighted by molar-refractivity contribution is -0.384. The molecule has 0 heterocycles. The van der Waals surface area contributed by atoms with E-state index in [1.165, 1.54) is 6.07 Å². The van der Waals surface area contributed by atoms with Gasteiger partial charge in [0.2, 0.25) is 5.91 Å². The number of carbonyl (C=O) groups is 1. The zero-order chi connectivity index (χ0) is 13.7. The van der Waals surface area contributed by atoms with Crippen LogP contribution in [0, 0.1) is 24.0 Å². The van der Waals surface area contributed by atoms with Gasteiger partial charge in [-0.25, -0.2) is 0 Å². The Hall–Kier alpha value is -1.95. The number of amides is 1. The summed E-state index contributed by atoms with van der Waals surface area (Å²) < 4.78 is 0. The molecular weight excluding hydrogens is 234 g/mol. The Morgan fingerprint density at radius 1 is 1.33 bits per heavy atom. The number of rotatable bonds is 5. The zero-order valence-corrected chi connectivity index (χ0v) is 10.7. The summed E-state index contributed by atoms with van der Waals surface area (Å²) in [4.78, 5) is 22.0. The Kier molecular flexibility index (Phi) is 4.79. The van der Waals surface area contributed by atoms with Gasteiger partial charge in [-0.15, -0.1) is 0 Å². The Morgan fingerprint density at radius 3 is 2.50 bits per heavy atom. The van der Waals surface area contributed by atoms with E-state index in [-0.39, 0.29) is 23.8 Å². The van der Waals surface area contributed by atoms with Crippen LogP contribution in [-0.2, 0) is 4.79 Å². The fourth-order valence-electron chi connectivity index (χ4n) is 1.49. The van der Waals surface area contributed by atoms with E-state index >= 15 is 0 Å². The van der Waals surface area contributed by atoms with Crippen LogP contribution in [0.1, 0.15) is 18.1 Å². The van der Waals surface area contributed by atoms with Gasteiger partial charge in [0.05, 0.1) is 11.5 Å². The maximum absolute atomic E-state index is 11.5. The molecule has 0 aliphatic heterocycles. The van der Waals surface area contributed by atoms with Crippen molar-refractivity contribution in [2.24, 2.45) is 0 Å². The molecule has 0 bridgehead atoms. The van der Waals surface area contributed by atoms with Crippen molar-refractivity contribution < 1.29 is 9.72 Å². The average Bonchev–Trinajstić information content (AvgIpc) is 2.30. The van der Waals surface area contributed by atoms with Gasteiger partial charge >= 0.3 is 0 Å². The molecule has 0 atom stereocenters. The minimum Gasteiger partial charge on any atom is -0.319 e. The first-order valence-electron chi connectivity index (χ1n) is 5.72. The number of hydrogen-bond acceptors (Lipinski definition) is 4. The van der Waals surface area contributed by atoms with E-state index in [2.05, 4.69) is 10.6 Å². The molecule has 98 valence electrons. The van der Waals surface area contributed by atoms with Crippen LogP contribution in [0.5, 0.6) is 0 Å². The van der Waals surface area contributed by atoms with Crippen molar-refractivity contribution in [3.8, 4) is 0 Å². The first kappa shape index (κ1) is 14.1. The minimum absolute atomic E-state index is 0.0806. The standard InChI is InChI=1S/C12H17N3O3/c1-4-13-7-12(16)14-10-5-8(2)9(3)6-11(10)15(17)18/h5-6,13H,4,7H2,1-3H3,(H,14,16). The van der Waals surface area contributed by atoms with Crippen LogP contribution < -0.4 is 10.6 Å². The molecule has 6 heteroatoms. The normalized spacial score (nSPS) is 10.2. The smallest absolute Gasteiger partial charge is 0.293 e. The number of nitro groups is 1. The van der Waals surface area contributed by atoms with Gasteiger partial charge in [-0.3, -0.25) is 14.9 Å². The Morgan fingerprint density at radius 2 is 1.94 bits per heavy atom. The number of anilines is 1.